The molecule has 5 nitrogen and oxygen atoms in total. The minimum atomic E-state index is -3.30. The maximum Gasteiger partial charge on any atom is 0.247 e. The molecule has 150 valence electrons. The maximum absolute atomic E-state index is 12.3. The highest BCUT2D eigenvalue weighted by Gasteiger charge is 2.12. The first kappa shape index (κ1) is 21.7. The van der Waals surface area contributed by atoms with Crippen molar-refractivity contribution >= 4 is 27.7 Å². The summed E-state index contributed by atoms with van der Waals surface area (Å²) in [5, 5.41) is 2.88. The normalized spacial score (nSPS) is 12.5. The second-order valence-electron chi connectivity index (χ2n) is 7.95. The van der Waals surface area contributed by atoms with Gasteiger partial charge in [0.15, 0.2) is 0 Å². The van der Waals surface area contributed by atoms with Gasteiger partial charge in [-0.05, 0) is 47.2 Å². The number of hydrogen-bond donors (Lipinski definition) is 2. The fourth-order valence-electron chi connectivity index (χ4n) is 2.62. The van der Waals surface area contributed by atoms with Crippen molar-refractivity contribution in [2.24, 2.45) is 0 Å². The van der Waals surface area contributed by atoms with Crippen molar-refractivity contribution in [2.75, 3.05) is 11.0 Å². The minimum absolute atomic E-state index is 0.0983. The highest BCUT2D eigenvalue weighted by molar-refractivity contribution is 7.92. The highest BCUT2D eigenvalue weighted by Crippen LogP contribution is 2.22. The van der Waals surface area contributed by atoms with Crippen LogP contribution in [0, 0.1) is 0 Å². The van der Waals surface area contributed by atoms with E-state index in [0.29, 0.717) is 17.8 Å². The Morgan fingerprint density at radius 3 is 2.07 bits per heavy atom. The predicted molar refractivity (Wildman–Crippen MR) is 116 cm³/mol. The molecule has 1 amide bonds. The molecule has 0 spiro atoms. The molecular formula is C22H28N2O3S. The molecule has 0 aromatic heterocycles. The van der Waals surface area contributed by atoms with E-state index in [1.165, 1.54) is 5.56 Å². The number of anilines is 1. The summed E-state index contributed by atoms with van der Waals surface area (Å²) in [5.41, 5.74) is 4.33. The van der Waals surface area contributed by atoms with Crippen molar-refractivity contribution < 1.29 is 13.2 Å². The van der Waals surface area contributed by atoms with Crippen molar-refractivity contribution in [2.45, 2.75) is 39.7 Å². The Bertz CT molecular complexity index is 952. The fourth-order valence-corrected chi connectivity index (χ4v) is 3.19. The van der Waals surface area contributed by atoms with Gasteiger partial charge in [-0.25, -0.2) is 8.42 Å². The van der Waals surface area contributed by atoms with Crippen LogP contribution in [0.2, 0.25) is 0 Å². The summed E-state index contributed by atoms with van der Waals surface area (Å²) < 4.78 is 24.8. The topological polar surface area (TPSA) is 75.3 Å². The maximum atomic E-state index is 12.3. The van der Waals surface area contributed by atoms with E-state index in [9.17, 15) is 13.2 Å². The summed E-state index contributed by atoms with van der Waals surface area (Å²) >= 11 is 0. The molecule has 0 unspecified atom stereocenters. The zero-order valence-electron chi connectivity index (χ0n) is 17.0. The van der Waals surface area contributed by atoms with Crippen LogP contribution < -0.4 is 10.0 Å². The summed E-state index contributed by atoms with van der Waals surface area (Å²) in [4.78, 5) is 12.3. The molecule has 28 heavy (non-hydrogen) atoms. The molecule has 0 aliphatic heterocycles. The molecule has 0 radical (unpaired) electrons. The Hall–Kier alpha value is -2.60. The van der Waals surface area contributed by atoms with E-state index in [4.69, 9.17) is 0 Å². The van der Waals surface area contributed by atoms with Crippen LogP contribution >= 0.6 is 0 Å². The highest BCUT2D eigenvalue weighted by atomic mass is 32.2. The molecule has 0 aliphatic carbocycles. The minimum Gasteiger partial charge on any atom is -0.348 e. The number of carbonyl (C=O) groups excluding carboxylic acids is 1. The summed E-state index contributed by atoms with van der Waals surface area (Å²) in [6.45, 7) is 8.65. The van der Waals surface area contributed by atoms with Crippen molar-refractivity contribution in [3.05, 3.63) is 70.8 Å². The van der Waals surface area contributed by atoms with E-state index in [1.807, 2.05) is 18.2 Å². The van der Waals surface area contributed by atoms with E-state index < -0.39 is 10.0 Å². The molecule has 0 saturated carbocycles. The average molecular weight is 401 g/mol. The quantitative estimate of drug-likeness (QED) is 0.718. The van der Waals surface area contributed by atoms with Crippen LogP contribution in [0.25, 0.3) is 6.08 Å². The molecule has 2 N–H and O–H groups in total. The SMILES string of the molecule is CC(=Cc1ccc(C(C)(C)C)cc1)C(=O)NCc1ccc(NS(C)(=O)=O)cc1. The van der Waals surface area contributed by atoms with Gasteiger partial charge in [-0.15, -0.1) is 0 Å². The number of nitrogens with one attached hydrogen (secondary N) is 2. The Balaban J connectivity index is 1.96. The monoisotopic (exact) mass is 400 g/mol. The van der Waals surface area contributed by atoms with Gasteiger partial charge in [0.1, 0.15) is 0 Å². The molecule has 6 heteroatoms. The van der Waals surface area contributed by atoms with Gasteiger partial charge in [-0.1, -0.05) is 57.2 Å². The van der Waals surface area contributed by atoms with Gasteiger partial charge in [-0.2, -0.15) is 0 Å². The molecule has 2 aromatic rings. The fraction of sp³-hybridized carbons (Fsp3) is 0.318. The number of rotatable bonds is 6. The van der Waals surface area contributed by atoms with Crippen molar-refractivity contribution in [1.29, 1.82) is 0 Å². The lowest BCUT2D eigenvalue weighted by molar-refractivity contribution is -0.117. The van der Waals surface area contributed by atoms with E-state index in [-0.39, 0.29) is 11.3 Å². The zero-order chi connectivity index (χ0) is 20.9. The number of hydrogen-bond acceptors (Lipinski definition) is 3. The van der Waals surface area contributed by atoms with Crippen LogP contribution in [0.4, 0.5) is 5.69 Å². The average Bonchev–Trinajstić information content (AvgIpc) is 2.59. The lowest BCUT2D eigenvalue weighted by Crippen LogP contribution is -2.23. The molecule has 2 rings (SSSR count). The summed E-state index contributed by atoms with van der Waals surface area (Å²) in [7, 11) is -3.30. The lowest BCUT2D eigenvalue weighted by atomic mass is 9.86. The first-order chi connectivity index (χ1) is 12.9. The van der Waals surface area contributed by atoms with Gasteiger partial charge in [0, 0.05) is 17.8 Å². The molecule has 0 saturated heterocycles. The molecule has 0 aliphatic rings. The number of amides is 1. The standard InChI is InChI=1S/C22H28N2O3S/c1-16(14-17-6-10-19(11-7-17)22(2,3)4)21(25)23-15-18-8-12-20(13-9-18)24-28(5,26)27/h6-14,24H,15H2,1-5H3,(H,23,25). The van der Waals surface area contributed by atoms with Crippen LogP contribution in [0.3, 0.4) is 0 Å². The Kier molecular flexibility index (Phi) is 6.67. The van der Waals surface area contributed by atoms with Gasteiger partial charge >= 0.3 is 0 Å². The second-order valence-corrected chi connectivity index (χ2v) is 9.70. The third kappa shape index (κ3) is 6.85. The van der Waals surface area contributed by atoms with Crippen molar-refractivity contribution in [1.82, 2.24) is 5.32 Å². The van der Waals surface area contributed by atoms with Crippen LogP contribution in [-0.2, 0) is 26.8 Å². The predicted octanol–water partition coefficient (Wildman–Crippen LogP) is 4.08. The van der Waals surface area contributed by atoms with E-state index in [1.54, 1.807) is 31.2 Å². The van der Waals surface area contributed by atoms with Crippen LogP contribution in [-0.4, -0.2) is 20.6 Å². The van der Waals surface area contributed by atoms with Gasteiger partial charge in [0.05, 0.1) is 6.26 Å². The summed E-state index contributed by atoms with van der Waals surface area (Å²) in [6.07, 6.45) is 2.97. The first-order valence-electron chi connectivity index (χ1n) is 9.08. The zero-order valence-corrected chi connectivity index (χ0v) is 17.9. The molecular weight excluding hydrogens is 372 g/mol. The lowest BCUT2D eigenvalue weighted by Gasteiger charge is -2.18. The van der Waals surface area contributed by atoms with Crippen molar-refractivity contribution in [3.63, 3.8) is 0 Å². The number of carbonyl (C=O) groups is 1. The molecule has 2 aromatic carbocycles. The Labute approximate surface area is 167 Å². The molecule has 0 atom stereocenters. The third-order valence-corrected chi connectivity index (χ3v) is 4.83. The van der Waals surface area contributed by atoms with Gasteiger partial charge in [-0.3, -0.25) is 9.52 Å². The number of sulfonamides is 1. The third-order valence-electron chi connectivity index (χ3n) is 4.23. The molecule has 0 heterocycles. The van der Waals surface area contributed by atoms with Crippen molar-refractivity contribution in [3.8, 4) is 0 Å². The van der Waals surface area contributed by atoms with E-state index in [2.05, 4.69) is 42.9 Å². The molecule has 0 bridgehead atoms. The summed E-state index contributed by atoms with van der Waals surface area (Å²) in [6, 6.07) is 15.1. The van der Waals surface area contributed by atoms with Gasteiger partial charge in [0.25, 0.3) is 0 Å². The van der Waals surface area contributed by atoms with Crippen LogP contribution in [0.5, 0.6) is 0 Å². The van der Waals surface area contributed by atoms with E-state index >= 15 is 0 Å². The Morgan fingerprint density at radius 1 is 1.00 bits per heavy atom. The smallest absolute Gasteiger partial charge is 0.247 e. The van der Waals surface area contributed by atoms with Crippen LogP contribution in [0.15, 0.2) is 54.1 Å². The first-order valence-corrected chi connectivity index (χ1v) is 11.0. The second kappa shape index (κ2) is 8.61. The van der Waals surface area contributed by atoms with Gasteiger partial charge < -0.3 is 5.32 Å². The number of benzene rings is 2. The largest absolute Gasteiger partial charge is 0.348 e. The van der Waals surface area contributed by atoms with Gasteiger partial charge in [0.2, 0.25) is 15.9 Å². The Morgan fingerprint density at radius 2 is 1.57 bits per heavy atom. The summed E-state index contributed by atoms with van der Waals surface area (Å²) in [5.74, 6) is -0.141. The van der Waals surface area contributed by atoms with E-state index in [0.717, 1.165) is 17.4 Å². The van der Waals surface area contributed by atoms with Crippen LogP contribution in [0.1, 0.15) is 44.4 Å². The molecule has 0 fully saturated rings.